The van der Waals surface area contributed by atoms with Crippen LogP contribution in [0, 0.1) is 11.3 Å². The number of aliphatic imine (C=N–C) groups is 1. The van der Waals surface area contributed by atoms with Gasteiger partial charge in [-0.3, -0.25) is 4.99 Å². The monoisotopic (exact) mass is 181 g/mol. The van der Waals surface area contributed by atoms with Gasteiger partial charge in [0.05, 0.1) is 0 Å². The summed E-state index contributed by atoms with van der Waals surface area (Å²) in [5.74, 6) is 0.478. The van der Waals surface area contributed by atoms with Crippen molar-refractivity contribution in [3.8, 4) is 0 Å². The van der Waals surface area contributed by atoms with Crippen LogP contribution in [0.15, 0.2) is 17.1 Å². The molecule has 0 fully saturated rings. The average Bonchev–Trinajstić information content (AvgIpc) is 1.96. The Morgan fingerprint density at radius 2 is 1.77 bits per heavy atom. The van der Waals surface area contributed by atoms with Gasteiger partial charge in [-0.2, -0.15) is 0 Å². The van der Waals surface area contributed by atoms with Gasteiger partial charge in [-0.05, 0) is 23.8 Å². The van der Waals surface area contributed by atoms with Crippen molar-refractivity contribution in [1.29, 1.82) is 0 Å². The summed E-state index contributed by atoms with van der Waals surface area (Å²) in [6.45, 7) is 17.9. The molecule has 0 aliphatic heterocycles. The molecule has 0 saturated carbocycles. The number of rotatable bonds is 3. The number of allylic oxidation sites excluding steroid dienone is 1. The maximum Gasteiger partial charge on any atom is 0.0404 e. The Balaban J connectivity index is 4.79. The lowest BCUT2D eigenvalue weighted by molar-refractivity contribution is 0.521. The fourth-order valence-corrected chi connectivity index (χ4v) is 1.18. The summed E-state index contributed by atoms with van der Waals surface area (Å²) in [7, 11) is 0. The van der Waals surface area contributed by atoms with Crippen molar-refractivity contribution in [1.82, 2.24) is 0 Å². The fourth-order valence-electron chi connectivity index (χ4n) is 1.18. The van der Waals surface area contributed by atoms with Crippen molar-refractivity contribution in [2.75, 3.05) is 6.54 Å². The van der Waals surface area contributed by atoms with Crippen molar-refractivity contribution < 1.29 is 0 Å². The molecule has 1 nitrogen and oxygen atoms in total. The molecule has 0 aromatic carbocycles. The Morgan fingerprint density at radius 3 is 2.00 bits per heavy atom. The summed E-state index contributed by atoms with van der Waals surface area (Å²) in [5, 5.41) is 0. The maximum atomic E-state index is 4.51. The molecule has 0 unspecified atom stereocenters. The lowest BCUT2D eigenvalue weighted by Gasteiger charge is -2.25. The van der Waals surface area contributed by atoms with Crippen LogP contribution in [0.4, 0.5) is 0 Å². The summed E-state index contributed by atoms with van der Waals surface area (Å²) < 4.78 is 0. The zero-order chi connectivity index (χ0) is 10.6. The number of hydrogen-bond donors (Lipinski definition) is 0. The van der Waals surface area contributed by atoms with Gasteiger partial charge in [-0.1, -0.05) is 41.2 Å². The van der Waals surface area contributed by atoms with Crippen LogP contribution in [-0.4, -0.2) is 12.3 Å². The van der Waals surface area contributed by atoms with E-state index in [0.29, 0.717) is 5.92 Å². The van der Waals surface area contributed by atoms with Crippen LogP contribution in [0.2, 0.25) is 0 Å². The first kappa shape index (κ1) is 12.4. The minimum atomic E-state index is 0.137. The molecule has 0 bridgehead atoms. The largest absolute Gasteiger partial charge is 0.290 e. The predicted molar refractivity (Wildman–Crippen MR) is 61.4 cm³/mol. The van der Waals surface area contributed by atoms with Gasteiger partial charge in [0.25, 0.3) is 0 Å². The minimum Gasteiger partial charge on any atom is -0.290 e. The Morgan fingerprint density at radius 1 is 1.31 bits per heavy atom. The topological polar surface area (TPSA) is 12.4 Å². The SMILES string of the molecule is C=C(/C(=N\CC)C(C)C)C(C)(C)C. The quantitative estimate of drug-likeness (QED) is 0.589. The van der Waals surface area contributed by atoms with E-state index in [2.05, 4.69) is 53.1 Å². The van der Waals surface area contributed by atoms with Crippen molar-refractivity contribution in [3.63, 3.8) is 0 Å². The number of hydrogen-bond acceptors (Lipinski definition) is 1. The summed E-state index contributed by atoms with van der Waals surface area (Å²) in [5.41, 5.74) is 2.48. The van der Waals surface area contributed by atoms with Crippen LogP contribution in [0.1, 0.15) is 41.5 Å². The van der Waals surface area contributed by atoms with Gasteiger partial charge >= 0.3 is 0 Å². The molecule has 0 aromatic heterocycles. The summed E-state index contributed by atoms with van der Waals surface area (Å²) in [4.78, 5) is 4.51. The van der Waals surface area contributed by atoms with E-state index in [1.807, 2.05) is 0 Å². The summed E-state index contributed by atoms with van der Waals surface area (Å²) in [6.07, 6.45) is 0. The lowest BCUT2D eigenvalue weighted by Crippen LogP contribution is -2.21. The highest BCUT2D eigenvalue weighted by Gasteiger charge is 2.21. The van der Waals surface area contributed by atoms with Gasteiger partial charge in [0, 0.05) is 12.3 Å². The molecule has 0 rings (SSSR count). The van der Waals surface area contributed by atoms with Crippen LogP contribution in [0.5, 0.6) is 0 Å². The second kappa shape index (κ2) is 4.59. The Bertz CT molecular complexity index is 204. The highest BCUT2D eigenvalue weighted by atomic mass is 14.7. The normalized spacial score (nSPS) is 13.6. The standard InChI is InChI=1S/C12H23N/c1-8-13-11(9(2)3)10(4)12(5,6)7/h9H,4,8H2,1-3,5-7H3/b13-11-. The summed E-state index contributed by atoms with van der Waals surface area (Å²) >= 11 is 0. The third-order valence-electron chi connectivity index (χ3n) is 2.09. The molecule has 0 N–H and O–H groups in total. The van der Waals surface area contributed by atoms with E-state index in [1.165, 1.54) is 11.3 Å². The van der Waals surface area contributed by atoms with Crippen molar-refractivity contribution in [2.45, 2.75) is 41.5 Å². The van der Waals surface area contributed by atoms with Gasteiger partial charge in [-0.15, -0.1) is 0 Å². The number of nitrogens with zero attached hydrogens (tertiary/aromatic N) is 1. The molecule has 0 amide bonds. The average molecular weight is 181 g/mol. The van der Waals surface area contributed by atoms with E-state index in [1.54, 1.807) is 0 Å². The molecule has 0 aliphatic carbocycles. The molecular formula is C12H23N. The molecule has 0 atom stereocenters. The van der Waals surface area contributed by atoms with Gasteiger partial charge in [-0.25, -0.2) is 0 Å². The third kappa shape index (κ3) is 3.75. The lowest BCUT2D eigenvalue weighted by atomic mass is 9.81. The minimum absolute atomic E-state index is 0.137. The Hall–Kier alpha value is -0.590. The van der Waals surface area contributed by atoms with Gasteiger partial charge in [0.1, 0.15) is 0 Å². The first-order valence-corrected chi connectivity index (χ1v) is 5.04. The first-order valence-electron chi connectivity index (χ1n) is 5.04. The molecule has 76 valence electrons. The Labute approximate surface area is 83.0 Å². The predicted octanol–water partition coefficient (Wildman–Crippen LogP) is 3.71. The fraction of sp³-hybridized carbons (Fsp3) is 0.750. The highest BCUT2D eigenvalue weighted by molar-refractivity contribution is 6.01. The highest BCUT2D eigenvalue weighted by Crippen LogP contribution is 2.27. The van der Waals surface area contributed by atoms with Crippen LogP contribution in [0.25, 0.3) is 0 Å². The Kier molecular flexibility index (Phi) is 4.38. The van der Waals surface area contributed by atoms with E-state index < -0.39 is 0 Å². The van der Waals surface area contributed by atoms with Crippen LogP contribution < -0.4 is 0 Å². The molecular weight excluding hydrogens is 158 g/mol. The second-order valence-corrected chi connectivity index (χ2v) is 4.74. The van der Waals surface area contributed by atoms with Crippen molar-refractivity contribution >= 4 is 5.71 Å². The molecule has 0 heterocycles. The zero-order valence-electron chi connectivity index (χ0n) is 9.94. The van der Waals surface area contributed by atoms with Crippen molar-refractivity contribution in [3.05, 3.63) is 12.2 Å². The smallest absolute Gasteiger partial charge is 0.0404 e. The van der Waals surface area contributed by atoms with E-state index >= 15 is 0 Å². The van der Waals surface area contributed by atoms with E-state index in [-0.39, 0.29) is 5.41 Å². The van der Waals surface area contributed by atoms with Crippen molar-refractivity contribution in [2.24, 2.45) is 16.3 Å². The van der Waals surface area contributed by atoms with Gasteiger partial charge < -0.3 is 0 Å². The van der Waals surface area contributed by atoms with Crippen LogP contribution in [-0.2, 0) is 0 Å². The van der Waals surface area contributed by atoms with Gasteiger partial charge in [0.2, 0.25) is 0 Å². The first-order chi connectivity index (χ1) is 5.80. The third-order valence-corrected chi connectivity index (χ3v) is 2.09. The maximum absolute atomic E-state index is 4.51. The summed E-state index contributed by atoms with van der Waals surface area (Å²) in [6, 6.07) is 0. The zero-order valence-corrected chi connectivity index (χ0v) is 9.94. The molecule has 13 heavy (non-hydrogen) atoms. The van der Waals surface area contributed by atoms with E-state index in [4.69, 9.17) is 0 Å². The molecule has 0 radical (unpaired) electrons. The second-order valence-electron chi connectivity index (χ2n) is 4.74. The molecule has 0 spiro atoms. The van der Waals surface area contributed by atoms with Crippen LogP contribution >= 0.6 is 0 Å². The molecule has 0 saturated heterocycles. The molecule has 1 heteroatoms. The van der Waals surface area contributed by atoms with E-state index in [0.717, 1.165) is 6.54 Å². The molecule has 0 aromatic rings. The van der Waals surface area contributed by atoms with Gasteiger partial charge in [0.15, 0.2) is 0 Å². The van der Waals surface area contributed by atoms with Crippen LogP contribution in [0.3, 0.4) is 0 Å². The van der Waals surface area contributed by atoms with E-state index in [9.17, 15) is 0 Å². The molecule has 0 aliphatic rings.